The van der Waals surface area contributed by atoms with Crippen molar-refractivity contribution in [1.29, 1.82) is 0 Å². The van der Waals surface area contributed by atoms with E-state index in [1.54, 1.807) is 30.2 Å². The van der Waals surface area contributed by atoms with Crippen LogP contribution in [0.4, 0.5) is 0 Å². The Labute approximate surface area is 122 Å². The number of benzene rings is 1. The van der Waals surface area contributed by atoms with Crippen LogP contribution in [0.15, 0.2) is 47.6 Å². The van der Waals surface area contributed by atoms with Gasteiger partial charge in [0.2, 0.25) is 0 Å². The van der Waals surface area contributed by atoms with Crippen molar-refractivity contribution >= 4 is 29.1 Å². The summed E-state index contributed by atoms with van der Waals surface area (Å²) in [6.07, 6.45) is 3.58. The molecule has 0 bridgehead atoms. The van der Waals surface area contributed by atoms with Gasteiger partial charge in [-0.15, -0.1) is 11.8 Å². The summed E-state index contributed by atoms with van der Waals surface area (Å²) in [6, 6.07) is 9.93. The molecule has 19 heavy (non-hydrogen) atoms. The number of rotatable bonds is 5. The summed E-state index contributed by atoms with van der Waals surface area (Å²) < 4.78 is 0. The molecule has 2 aromatic rings. The van der Waals surface area contributed by atoms with E-state index < -0.39 is 0 Å². The van der Waals surface area contributed by atoms with E-state index in [-0.39, 0.29) is 5.78 Å². The molecule has 0 aliphatic carbocycles. The van der Waals surface area contributed by atoms with E-state index in [1.165, 1.54) is 5.56 Å². The molecule has 4 heteroatoms. The van der Waals surface area contributed by atoms with Gasteiger partial charge in [-0.1, -0.05) is 29.3 Å². The Morgan fingerprint density at radius 2 is 2.21 bits per heavy atom. The maximum absolute atomic E-state index is 11.9. The van der Waals surface area contributed by atoms with Gasteiger partial charge < -0.3 is 0 Å². The first-order valence-corrected chi connectivity index (χ1v) is 7.31. The molecule has 2 nitrogen and oxygen atoms in total. The van der Waals surface area contributed by atoms with E-state index in [2.05, 4.69) is 11.1 Å². The predicted octanol–water partition coefficient (Wildman–Crippen LogP) is 3.95. The number of pyridine rings is 1. The van der Waals surface area contributed by atoms with E-state index >= 15 is 0 Å². The van der Waals surface area contributed by atoms with Crippen LogP contribution in [0.1, 0.15) is 11.1 Å². The summed E-state index contributed by atoms with van der Waals surface area (Å²) in [5, 5.41) is 0.552. The maximum atomic E-state index is 11.9. The second kappa shape index (κ2) is 6.73. The largest absolute Gasteiger partial charge is 0.298 e. The molecule has 0 unspecified atom stereocenters. The van der Waals surface area contributed by atoms with Gasteiger partial charge >= 0.3 is 0 Å². The molecule has 98 valence electrons. The van der Waals surface area contributed by atoms with Gasteiger partial charge in [0.25, 0.3) is 0 Å². The van der Waals surface area contributed by atoms with Crippen LogP contribution >= 0.6 is 23.4 Å². The van der Waals surface area contributed by atoms with Crippen LogP contribution in [-0.2, 0) is 11.2 Å². The number of hydrogen-bond donors (Lipinski definition) is 0. The van der Waals surface area contributed by atoms with Gasteiger partial charge in [0.15, 0.2) is 0 Å². The first-order chi connectivity index (χ1) is 9.15. The summed E-state index contributed by atoms with van der Waals surface area (Å²) in [6.45, 7) is 2.04. The predicted molar refractivity (Wildman–Crippen MR) is 79.9 cm³/mol. The summed E-state index contributed by atoms with van der Waals surface area (Å²) in [4.78, 5) is 16.9. The molecule has 1 aromatic heterocycles. The molecule has 0 N–H and O–H groups in total. The zero-order valence-electron chi connectivity index (χ0n) is 10.6. The number of aryl methyl sites for hydroxylation is 1. The average Bonchev–Trinajstić information content (AvgIpc) is 2.39. The number of ketones is 1. The monoisotopic (exact) mass is 291 g/mol. The van der Waals surface area contributed by atoms with E-state index in [9.17, 15) is 4.79 Å². The molecule has 0 radical (unpaired) electrons. The van der Waals surface area contributed by atoms with Crippen molar-refractivity contribution in [2.24, 2.45) is 0 Å². The number of halogens is 1. The number of carbonyl (C=O) groups excluding carboxylic acids is 1. The van der Waals surface area contributed by atoms with Gasteiger partial charge in [-0.3, -0.25) is 9.78 Å². The van der Waals surface area contributed by atoms with Crippen molar-refractivity contribution in [3.8, 4) is 0 Å². The lowest BCUT2D eigenvalue weighted by Gasteiger charge is -2.04. The van der Waals surface area contributed by atoms with Crippen molar-refractivity contribution < 1.29 is 4.79 Å². The summed E-state index contributed by atoms with van der Waals surface area (Å²) in [7, 11) is 0. The molecule has 0 amide bonds. The molecule has 2 rings (SSSR count). The molecule has 1 heterocycles. The Hall–Kier alpha value is -1.32. The average molecular weight is 292 g/mol. The van der Waals surface area contributed by atoms with Crippen LogP contribution in [-0.4, -0.2) is 16.5 Å². The topological polar surface area (TPSA) is 30.0 Å². The smallest absolute Gasteiger partial charge is 0.147 e. The Kier molecular flexibility index (Phi) is 5.00. The number of nitrogens with zero attached hydrogens (tertiary/aromatic N) is 1. The highest BCUT2D eigenvalue weighted by Crippen LogP contribution is 2.20. The minimum atomic E-state index is 0.166. The molecule has 0 aliphatic heterocycles. The fraction of sp³-hybridized carbons (Fsp3) is 0.200. The Balaban J connectivity index is 1.90. The Morgan fingerprint density at radius 3 is 2.95 bits per heavy atom. The maximum Gasteiger partial charge on any atom is 0.147 e. The lowest BCUT2D eigenvalue weighted by molar-refractivity contribution is -0.116. The highest BCUT2D eigenvalue weighted by Gasteiger charge is 2.07. The van der Waals surface area contributed by atoms with E-state index in [4.69, 9.17) is 11.6 Å². The number of hydrogen-bond acceptors (Lipinski definition) is 3. The van der Waals surface area contributed by atoms with Crippen molar-refractivity contribution in [1.82, 2.24) is 4.98 Å². The molecule has 0 atom stereocenters. The van der Waals surface area contributed by atoms with Crippen LogP contribution < -0.4 is 0 Å². The molecule has 0 fully saturated rings. The number of Topliss-reactive ketones (excluding diaryl/α,β-unsaturated/α-hetero) is 1. The second-order valence-electron chi connectivity index (χ2n) is 4.29. The van der Waals surface area contributed by atoms with E-state index in [1.807, 2.05) is 25.1 Å². The highest BCUT2D eigenvalue weighted by atomic mass is 35.5. The van der Waals surface area contributed by atoms with Crippen molar-refractivity contribution in [3.05, 3.63) is 58.9 Å². The van der Waals surface area contributed by atoms with Gasteiger partial charge in [-0.25, -0.2) is 0 Å². The zero-order chi connectivity index (χ0) is 13.7. The third kappa shape index (κ3) is 4.37. The third-order valence-electron chi connectivity index (χ3n) is 2.63. The summed E-state index contributed by atoms with van der Waals surface area (Å²) >= 11 is 7.54. The van der Waals surface area contributed by atoms with Crippen LogP contribution in [0.5, 0.6) is 0 Å². The highest BCUT2D eigenvalue weighted by molar-refractivity contribution is 8.00. The fourth-order valence-corrected chi connectivity index (χ4v) is 2.74. The van der Waals surface area contributed by atoms with E-state index in [0.29, 0.717) is 17.2 Å². The number of aromatic nitrogens is 1. The normalized spacial score (nSPS) is 10.4. The Bertz CT molecular complexity index is 586. The van der Waals surface area contributed by atoms with Gasteiger partial charge in [0.1, 0.15) is 5.78 Å². The summed E-state index contributed by atoms with van der Waals surface area (Å²) in [5.41, 5.74) is 2.04. The van der Waals surface area contributed by atoms with Crippen LogP contribution in [0.2, 0.25) is 5.02 Å². The van der Waals surface area contributed by atoms with Gasteiger partial charge in [-0.05, 0) is 30.7 Å². The minimum absolute atomic E-state index is 0.166. The Morgan fingerprint density at radius 1 is 1.37 bits per heavy atom. The van der Waals surface area contributed by atoms with Gasteiger partial charge in [0, 0.05) is 23.7 Å². The van der Waals surface area contributed by atoms with Crippen molar-refractivity contribution in [2.45, 2.75) is 18.2 Å². The van der Waals surface area contributed by atoms with Gasteiger partial charge in [0.05, 0.1) is 10.8 Å². The molecular formula is C15H14ClNOS. The van der Waals surface area contributed by atoms with Gasteiger partial charge in [-0.2, -0.15) is 0 Å². The van der Waals surface area contributed by atoms with Crippen molar-refractivity contribution in [2.75, 3.05) is 5.75 Å². The van der Waals surface area contributed by atoms with Crippen molar-refractivity contribution in [3.63, 3.8) is 0 Å². The fourth-order valence-electron chi connectivity index (χ4n) is 1.68. The molecular weight excluding hydrogens is 278 g/mol. The number of carbonyl (C=O) groups is 1. The molecule has 0 spiro atoms. The first-order valence-electron chi connectivity index (χ1n) is 5.95. The SMILES string of the molecule is Cc1cccc(SCC(=O)Cc2ccncc2Cl)c1. The lowest BCUT2D eigenvalue weighted by atomic mass is 10.1. The summed E-state index contributed by atoms with van der Waals surface area (Å²) in [5.74, 6) is 0.627. The minimum Gasteiger partial charge on any atom is -0.298 e. The number of thioether (sulfide) groups is 1. The van der Waals surface area contributed by atoms with Crippen LogP contribution in [0.25, 0.3) is 0 Å². The molecule has 0 aliphatic rings. The molecule has 1 aromatic carbocycles. The van der Waals surface area contributed by atoms with Crippen LogP contribution in [0, 0.1) is 6.92 Å². The molecule has 0 saturated heterocycles. The quantitative estimate of drug-likeness (QED) is 0.781. The zero-order valence-corrected chi connectivity index (χ0v) is 12.2. The standard InChI is InChI=1S/C15H14ClNOS/c1-11-3-2-4-14(7-11)19-10-13(18)8-12-5-6-17-9-15(12)16/h2-7,9H,8,10H2,1H3. The van der Waals surface area contributed by atoms with Crippen LogP contribution in [0.3, 0.4) is 0 Å². The second-order valence-corrected chi connectivity index (χ2v) is 5.74. The molecule has 0 saturated carbocycles. The first kappa shape index (κ1) is 14.1. The third-order valence-corrected chi connectivity index (χ3v) is 4.03. The van der Waals surface area contributed by atoms with E-state index in [0.717, 1.165) is 10.5 Å². The lowest BCUT2D eigenvalue weighted by Crippen LogP contribution is -2.06.